The predicted octanol–water partition coefficient (Wildman–Crippen LogP) is 2.42. The van der Waals surface area contributed by atoms with Crippen LogP contribution >= 0.6 is 0 Å². The van der Waals surface area contributed by atoms with Gasteiger partial charge in [0.1, 0.15) is 0 Å². The van der Waals surface area contributed by atoms with E-state index in [-0.39, 0.29) is 5.69 Å². The molecule has 1 aromatic carbocycles. The third-order valence-corrected chi connectivity index (χ3v) is 1.87. The van der Waals surface area contributed by atoms with E-state index in [0.717, 1.165) is 0 Å². The number of hydrogen-bond acceptors (Lipinski definition) is 3. The molecule has 78 valence electrons. The summed E-state index contributed by atoms with van der Waals surface area (Å²) < 4.78 is 0. The van der Waals surface area contributed by atoms with Crippen LogP contribution in [-0.4, -0.2) is 10.5 Å². The molecule has 0 saturated carbocycles. The number of nitro groups is 1. The average molecular weight is 204 g/mol. The van der Waals surface area contributed by atoms with E-state index in [0.29, 0.717) is 5.69 Å². The highest BCUT2D eigenvalue weighted by Gasteiger charge is 2.14. The second-order valence-electron chi connectivity index (χ2n) is 3.70. The molecule has 0 amide bonds. The summed E-state index contributed by atoms with van der Waals surface area (Å²) in [4.78, 5) is 10.1. The first-order valence-corrected chi connectivity index (χ1v) is 4.45. The summed E-state index contributed by atoms with van der Waals surface area (Å²) >= 11 is 0. The van der Waals surface area contributed by atoms with Crippen LogP contribution in [0.4, 0.5) is 11.4 Å². The zero-order chi connectivity index (χ0) is 11.5. The summed E-state index contributed by atoms with van der Waals surface area (Å²) in [5.41, 5.74) is 0.176. The Morgan fingerprint density at radius 1 is 1.53 bits per heavy atom. The van der Waals surface area contributed by atoms with Gasteiger partial charge < -0.3 is 5.32 Å². The van der Waals surface area contributed by atoms with E-state index in [9.17, 15) is 10.1 Å². The van der Waals surface area contributed by atoms with Crippen molar-refractivity contribution in [1.82, 2.24) is 0 Å². The minimum atomic E-state index is -0.519. The van der Waals surface area contributed by atoms with Gasteiger partial charge in [0.25, 0.3) is 5.69 Å². The number of benzene rings is 1. The second-order valence-corrected chi connectivity index (χ2v) is 3.70. The number of nitrogens with one attached hydrogen (secondary N) is 1. The summed E-state index contributed by atoms with van der Waals surface area (Å²) in [5, 5.41) is 13.5. The van der Waals surface area contributed by atoms with E-state index < -0.39 is 10.5 Å². The highest BCUT2D eigenvalue weighted by molar-refractivity contribution is 5.53. The molecule has 15 heavy (non-hydrogen) atoms. The molecule has 0 aliphatic rings. The number of terminal acetylenes is 1. The maximum atomic E-state index is 10.5. The second kappa shape index (κ2) is 4.01. The van der Waals surface area contributed by atoms with Crippen molar-refractivity contribution in [3.8, 4) is 12.3 Å². The van der Waals surface area contributed by atoms with E-state index >= 15 is 0 Å². The Morgan fingerprint density at radius 2 is 2.20 bits per heavy atom. The molecule has 0 unspecified atom stereocenters. The molecule has 0 heterocycles. The topological polar surface area (TPSA) is 55.2 Å². The Hall–Kier alpha value is -2.02. The van der Waals surface area contributed by atoms with E-state index in [1.54, 1.807) is 12.1 Å². The molecular weight excluding hydrogens is 192 g/mol. The quantitative estimate of drug-likeness (QED) is 0.467. The minimum absolute atomic E-state index is 0.0489. The summed E-state index contributed by atoms with van der Waals surface area (Å²) in [5.74, 6) is 2.56. The van der Waals surface area contributed by atoms with Crippen LogP contribution in [0.15, 0.2) is 24.3 Å². The van der Waals surface area contributed by atoms with Crippen molar-refractivity contribution in [3.63, 3.8) is 0 Å². The van der Waals surface area contributed by atoms with E-state index in [1.165, 1.54) is 12.1 Å². The summed E-state index contributed by atoms with van der Waals surface area (Å²) in [6.07, 6.45) is 5.31. The van der Waals surface area contributed by atoms with Crippen LogP contribution in [0.3, 0.4) is 0 Å². The summed E-state index contributed by atoms with van der Waals surface area (Å²) in [6, 6.07) is 6.26. The predicted molar refractivity (Wildman–Crippen MR) is 59.6 cm³/mol. The van der Waals surface area contributed by atoms with Gasteiger partial charge >= 0.3 is 0 Å². The summed E-state index contributed by atoms with van der Waals surface area (Å²) in [6.45, 7) is 3.65. The molecule has 0 radical (unpaired) electrons. The number of nitro benzene ring substituents is 1. The molecule has 0 aliphatic heterocycles. The van der Waals surface area contributed by atoms with Gasteiger partial charge in [0, 0.05) is 17.8 Å². The van der Waals surface area contributed by atoms with Gasteiger partial charge in [-0.05, 0) is 19.9 Å². The molecule has 1 aromatic rings. The molecule has 0 saturated heterocycles. The number of hydrogen-bond donors (Lipinski definition) is 1. The third-order valence-electron chi connectivity index (χ3n) is 1.87. The molecule has 4 nitrogen and oxygen atoms in total. The van der Waals surface area contributed by atoms with Crippen LogP contribution in [0.25, 0.3) is 0 Å². The lowest BCUT2D eigenvalue weighted by molar-refractivity contribution is -0.384. The van der Waals surface area contributed by atoms with E-state index in [1.807, 2.05) is 13.8 Å². The Balaban J connectivity index is 2.93. The van der Waals surface area contributed by atoms with Gasteiger partial charge in [0.2, 0.25) is 0 Å². The van der Waals surface area contributed by atoms with Crippen molar-refractivity contribution >= 4 is 11.4 Å². The van der Waals surface area contributed by atoms with Crippen LogP contribution in [0, 0.1) is 22.5 Å². The SMILES string of the molecule is C#CC(C)(C)Nc1cccc([N+](=O)[O-])c1. The Morgan fingerprint density at radius 3 is 2.73 bits per heavy atom. The van der Waals surface area contributed by atoms with Crippen molar-refractivity contribution in [1.29, 1.82) is 0 Å². The highest BCUT2D eigenvalue weighted by atomic mass is 16.6. The van der Waals surface area contributed by atoms with Gasteiger partial charge in [-0.1, -0.05) is 12.0 Å². The fourth-order valence-corrected chi connectivity index (χ4v) is 1.09. The standard InChI is InChI=1S/C11H12N2O2/c1-4-11(2,3)12-9-6-5-7-10(8-9)13(14)15/h1,5-8,12H,2-3H3. The molecule has 1 N–H and O–H groups in total. The Labute approximate surface area is 88.5 Å². The normalized spacial score (nSPS) is 10.5. The lowest BCUT2D eigenvalue weighted by atomic mass is 10.1. The van der Waals surface area contributed by atoms with Crippen molar-refractivity contribution in [2.24, 2.45) is 0 Å². The number of nitrogens with zero attached hydrogens (tertiary/aromatic N) is 1. The molecule has 4 heteroatoms. The van der Waals surface area contributed by atoms with Crippen LogP contribution in [0.1, 0.15) is 13.8 Å². The maximum absolute atomic E-state index is 10.5. The molecule has 0 aliphatic carbocycles. The van der Waals surface area contributed by atoms with Gasteiger partial charge in [-0.3, -0.25) is 10.1 Å². The molecule has 0 fully saturated rings. The lowest BCUT2D eigenvalue weighted by Gasteiger charge is -2.20. The number of non-ortho nitro benzene ring substituents is 1. The molecule has 0 bridgehead atoms. The fourth-order valence-electron chi connectivity index (χ4n) is 1.09. The van der Waals surface area contributed by atoms with Crippen LogP contribution in [0.5, 0.6) is 0 Å². The zero-order valence-corrected chi connectivity index (χ0v) is 8.65. The molecule has 0 aromatic heterocycles. The Bertz CT molecular complexity index is 419. The number of rotatable bonds is 3. The monoisotopic (exact) mass is 204 g/mol. The van der Waals surface area contributed by atoms with Crippen LogP contribution in [0.2, 0.25) is 0 Å². The average Bonchev–Trinajstić information content (AvgIpc) is 2.17. The lowest BCUT2D eigenvalue weighted by Crippen LogP contribution is -2.28. The smallest absolute Gasteiger partial charge is 0.271 e. The van der Waals surface area contributed by atoms with Crippen molar-refractivity contribution in [3.05, 3.63) is 34.4 Å². The van der Waals surface area contributed by atoms with Gasteiger partial charge in [-0.15, -0.1) is 6.42 Å². The fraction of sp³-hybridized carbons (Fsp3) is 0.273. The Kier molecular flexibility index (Phi) is 2.96. The molecule has 0 atom stereocenters. The van der Waals surface area contributed by atoms with Crippen molar-refractivity contribution in [2.75, 3.05) is 5.32 Å². The van der Waals surface area contributed by atoms with Crippen molar-refractivity contribution < 1.29 is 4.92 Å². The first kappa shape index (κ1) is 11.1. The van der Waals surface area contributed by atoms with Crippen LogP contribution in [-0.2, 0) is 0 Å². The van der Waals surface area contributed by atoms with Gasteiger partial charge in [0.15, 0.2) is 0 Å². The summed E-state index contributed by atoms with van der Waals surface area (Å²) in [7, 11) is 0. The number of anilines is 1. The van der Waals surface area contributed by atoms with E-state index in [4.69, 9.17) is 6.42 Å². The largest absolute Gasteiger partial charge is 0.369 e. The van der Waals surface area contributed by atoms with Crippen molar-refractivity contribution in [2.45, 2.75) is 19.4 Å². The highest BCUT2D eigenvalue weighted by Crippen LogP contribution is 2.20. The van der Waals surface area contributed by atoms with Gasteiger partial charge in [0.05, 0.1) is 10.5 Å². The molecule has 0 spiro atoms. The van der Waals surface area contributed by atoms with Gasteiger partial charge in [-0.2, -0.15) is 0 Å². The first-order chi connectivity index (χ1) is 6.94. The minimum Gasteiger partial charge on any atom is -0.369 e. The van der Waals surface area contributed by atoms with Crippen LogP contribution < -0.4 is 5.32 Å². The maximum Gasteiger partial charge on any atom is 0.271 e. The zero-order valence-electron chi connectivity index (χ0n) is 8.65. The van der Waals surface area contributed by atoms with E-state index in [2.05, 4.69) is 11.2 Å². The van der Waals surface area contributed by atoms with Gasteiger partial charge in [-0.25, -0.2) is 0 Å². The molecular formula is C11H12N2O2. The third kappa shape index (κ3) is 2.99. The first-order valence-electron chi connectivity index (χ1n) is 4.45. The molecule has 1 rings (SSSR count).